The molecule has 11 heteroatoms. The summed E-state index contributed by atoms with van der Waals surface area (Å²) in [5, 5.41) is 33.1. The second-order valence-corrected chi connectivity index (χ2v) is 11.4. The number of rotatable bonds is 7. The van der Waals surface area contributed by atoms with Crippen LogP contribution in [0.2, 0.25) is 0 Å². The number of phenols is 1. The Hall–Kier alpha value is -4.06. The van der Waals surface area contributed by atoms with Crippen LogP contribution in [-0.2, 0) is 27.3 Å². The standard InChI is InChI=1S/C31H34FN3O6.H2O.2H2/c1-34(2)26-20-13-17-12-19-18(16-6-4-15(5-7-16)14-35(3)11-10-32)8-9-21(36)23(19)27(37)22(17)28(38)24(20)29(39)25(30(26)40)31(33)41;;;/h4-9,17,20,24,26,36-37,40H,10-14H2,1-3H3,(H2,33,41);1H2;2*1H/t17?,20?,24?,26-;;;/m1.../s1. The van der Waals surface area contributed by atoms with Crippen molar-refractivity contribution >= 4 is 23.2 Å². The van der Waals surface area contributed by atoms with Crippen molar-refractivity contribution in [2.75, 3.05) is 34.4 Å². The number of hydrogen-bond donors (Lipinski definition) is 4. The Bertz CT molecular complexity index is 1510. The summed E-state index contributed by atoms with van der Waals surface area (Å²) in [4.78, 5) is 42.8. The van der Waals surface area contributed by atoms with Crippen molar-refractivity contribution in [3.05, 3.63) is 70.0 Å². The number of likely N-dealkylation sites (N-methyl/N-ethyl adjacent to an activating group) is 1. The van der Waals surface area contributed by atoms with Crippen LogP contribution < -0.4 is 5.73 Å². The van der Waals surface area contributed by atoms with Crippen LogP contribution in [-0.4, -0.2) is 88.5 Å². The third-order valence-electron chi connectivity index (χ3n) is 8.63. The van der Waals surface area contributed by atoms with E-state index in [0.29, 0.717) is 25.1 Å². The van der Waals surface area contributed by atoms with Gasteiger partial charge in [0.1, 0.15) is 29.5 Å². The van der Waals surface area contributed by atoms with Gasteiger partial charge < -0.3 is 26.5 Å². The van der Waals surface area contributed by atoms with Gasteiger partial charge in [0.2, 0.25) is 0 Å². The van der Waals surface area contributed by atoms with Gasteiger partial charge in [-0.15, -0.1) is 0 Å². The zero-order valence-corrected chi connectivity index (χ0v) is 23.7. The lowest BCUT2D eigenvalue weighted by molar-refractivity contribution is -0.136. The van der Waals surface area contributed by atoms with Gasteiger partial charge in [0.05, 0.1) is 17.5 Å². The summed E-state index contributed by atoms with van der Waals surface area (Å²) in [5.74, 6) is -6.00. The van der Waals surface area contributed by atoms with E-state index in [1.807, 2.05) is 36.2 Å². The Morgan fingerprint density at radius 1 is 1.05 bits per heavy atom. The van der Waals surface area contributed by atoms with E-state index in [9.17, 15) is 34.1 Å². The van der Waals surface area contributed by atoms with Crippen LogP contribution in [0, 0.1) is 17.8 Å². The molecule has 1 amide bonds. The molecule has 4 atom stereocenters. The monoisotopic (exact) mass is 585 g/mol. The molecular formula is C31H40FN3O7. The molecule has 3 aliphatic rings. The highest BCUT2D eigenvalue weighted by molar-refractivity contribution is 6.28. The summed E-state index contributed by atoms with van der Waals surface area (Å²) in [7, 11) is 5.22. The predicted molar refractivity (Wildman–Crippen MR) is 158 cm³/mol. The quantitative estimate of drug-likeness (QED) is 0.283. The van der Waals surface area contributed by atoms with Crippen LogP contribution in [0.15, 0.2) is 53.3 Å². The maximum absolute atomic E-state index is 13.9. The van der Waals surface area contributed by atoms with Crippen LogP contribution in [0.5, 0.6) is 5.75 Å². The van der Waals surface area contributed by atoms with Gasteiger partial charge in [-0.05, 0) is 74.1 Å². The van der Waals surface area contributed by atoms with Crippen molar-refractivity contribution in [3.63, 3.8) is 0 Å². The van der Waals surface area contributed by atoms with Crippen LogP contribution in [0.3, 0.4) is 0 Å². The Morgan fingerprint density at radius 2 is 1.71 bits per heavy atom. The molecule has 2 aromatic carbocycles. The van der Waals surface area contributed by atoms with Gasteiger partial charge in [0.25, 0.3) is 5.91 Å². The highest BCUT2D eigenvalue weighted by atomic mass is 19.1. The largest absolute Gasteiger partial charge is 0.510 e. The fraction of sp³-hybridized carbons (Fsp3) is 0.387. The van der Waals surface area contributed by atoms with Crippen LogP contribution in [0.25, 0.3) is 16.9 Å². The van der Waals surface area contributed by atoms with E-state index < -0.39 is 59.3 Å². The highest BCUT2D eigenvalue weighted by Gasteiger charge is 2.55. The van der Waals surface area contributed by atoms with Crippen molar-refractivity contribution in [3.8, 4) is 16.9 Å². The zero-order valence-electron chi connectivity index (χ0n) is 23.7. The number of halogens is 1. The first kappa shape index (κ1) is 30.9. The Labute approximate surface area is 245 Å². The number of amides is 1. The molecule has 0 aliphatic heterocycles. The fourth-order valence-electron chi connectivity index (χ4n) is 6.86. The number of nitrogens with zero attached hydrogens (tertiary/aromatic N) is 2. The smallest absolute Gasteiger partial charge is 0.255 e. The molecule has 0 saturated heterocycles. The van der Waals surface area contributed by atoms with Crippen LogP contribution in [0.1, 0.15) is 26.0 Å². The van der Waals surface area contributed by atoms with Crippen molar-refractivity contribution in [2.24, 2.45) is 23.5 Å². The molecule has 3 unspecified atom stereocenters. The Kier molecular flexibility index (Phi) is 8.58. The first-order valence-electron chi connectivity index (χ1n) is 13.6. The number of benzene rings is 2. The molecule has 7 N–H and O–H groups in total. The lowest BCUT2D eigenvalue weighted by Gasteiger charge is -2.46. The summed E-state index contributed by atoms with van der Waals surface area (Å²) in [6.07, 6.45) is 0.602. The number of aliphatic hydroxyl groups excluding tert-OH is 2. The van der Waals surface area contributed by atoms with Crippen molar-refractivity contribution < 1.29 is 42.4 Å². The number of fused-ring (bicyclic) bond motifs is 3. The number of carbonyl (C=O) groups is 3. The number of Topliss-reactive ketones (excluding diaryl/α,β-unsaturated/α-hetero) is 2. The number of nitrogens with two attached hydrogens (primary N) is 1. The van der Waals surface area contributed by atoms with Crippen LogP contribution in [0.4, 0.5) is 4.39 Å². The number of hydrogen-bond acceptors (Lipinski definition) is 8. The average molecular weight is 586 g/mol. The highest BCUT2D eigenvalue weighted by Crippen LogP contribution is 2.51. The fourth-order valence-corrected chi connectivity index (χ4v) is 6.86. The van der Waals surface area contributed by atoms with Gasteiger partial charge in [-0.2, -0.15) is 0 Å². The second-order valence-electron chi connectivity index (χ2n) is 11.4. The first-order valence-corrected chi connectivity index (χ1v) is 13.6. The number of primary amides is 1. The molecule has 0 heterocycles. The molecule has 42 heavy (non-hydrogen) atoms. The van der Waals surface area contributed by atoms with E-state index in [1.165, 1.54) is 6.07 Å². The van der Waals surface area contributed by atoms with E-state index in [0.717, 1.165) is 16.7 Å². The molecule has 1 fully saturated rings. The molecule has 2 aromatic rings. The van der Waals surface area contributed by atoms with Crippen molar-refractivity contribution in [1.29, 1.82) is 0 Å². The Morgan fingerprint density at radius 3 is 2.31 bits per heavy atom. The van der Waals surface area contributed by atoms with E-state index in [1.54, 1.807) is 25.1 Å². The number of aromatic hydroxyl groups is 1. The molecule has 0 spiro atoms. The molecular weight excluding hydrogens is 545 g/mol. The first-order chi connectivity index (χ1) is 19.5. The van der Waals surface area contributed by atoms with Gasteiger partial charge in [-0.1, -0.05) is 30.3 Å². The average Bonchev–Trinajstić information content (AvgIpc) is 2.88. The molecule has 228 valence electrons. The number of alkyl halides is 1. The third-order valence-corrected chi connectivity index (χ3v) is 8.63. The normalized spacial score (nSPS) is 23.5. The summed E-state index contributed by atoms with van der Waals surface area (Å²) in [6.45, 7) is 0.493. The van der Waals surface area contributed by atoms with Crippen molar-refractivity contribution in [2.45, 2.75) is 25.4 Å². The number of phenolic OH excluding ortho intramolecular Hbond substituents is 1. The predicted octanol–water partition coefficient (Wildman–Crippen LogP) is 2.58. The van der Waals surface area contributed by atoms with Gasteiger partial charge in [0.15, 0.2) is 11.6 Å². The summed E-state index contributed by atoms with van der Waals surface area (Å²) < 4.78 is 12.7. The minimum absolute atomic E-state index is 0. The van der Waals surface area contributed by atoms with Gasteiger partial charge in [0, 0.05) is 21.5 Å². The summed E-state index contributed by atoms with van der Waals surface area (Å²) >= 11 is 0. The topological polar surface area (TPSA) is 176 Å². The molecule has 0 bridgehead atoms. The molecule has 10 nitrogen and oxygen atoms in total. The van der Waals surface area contributed by atoms with Gasteiger partial charge >= 0.3 is 0 Å². The maximum atomic E-state index is 13.9. The number of aliphatic hydroxyl groups is 2. The summed E-state index contributed by atoms with van der Waals surface area (Å²) in [6, 6.07) is 10.2. The lowest BCUT2D eigenvalue weighted by atomic mass is 9.59. The van der Waals surface area contributed by atoms with E-state index in [2.05, 4.69) is 0 Å². The van der Waals surface area contributed by atoms with Crippen LogP contribution >= 0.6 is 0 Å². The molecule has 3 aliphatic carbocycles. The van der Waals surface area contributed by atoms with E-state index in [-0.39, 0.29) is 37.4 Å². The minimum atomic E-state index is -1.29. The number of ketones is 2. The van der Waals surface area contributed by atoms with E-state index in [4.69, 9.17) is 5.73 Å². The number of allylic oxidation sites excluding steroid dienone is 1. The third kappa shape index (κ3) is 4.97. The summed E-state index contributed by atoms with van der Waals surface area (Å²) in [5.41, 5.74) is 8.34. The van der Waals surface area contributed by atoms with Crippen molar-refractivity contribution in [1.82, 2.24) is 9.80 Å². The Balaban J connectivity index is 0.00000225. The number of carbonyl (C=O) groups excluding carboxylic acids is 3. The molecule has 1 saturated carbocycles. The lowest BCUT2D eigenvalue weighted by Crippen LogP contribution is -2.55. The molecule has 5 rings (SSSR count). The zero-order chi connectivity index (χ0) is 29.7. The van der Waals surface area contributed by atoms with Gasteiger partial charge in [-0.25, -0.2) is 4.39 Å². The van der Waals surface area contributed by atoms with Gasteiger partial charge in [-0.3, -0.25) is 24.2 Å². The SMILES string of the molecule is CN(CCF)Cc1ccc(-c2ccc(O)c3c2CC2CC4C(C(=O)C(C(N)=O)=C(O)[C@@H]4N(C)C)C(=O)C2=C3O)cc1.O.[HH].[HH]. The minimum Gasteiger partial charge on any atom is -0.510 e. The van der Waals surface area contributed by atoms with E-state index >= 15 is 0 Å². The molecule has 0 radical (unpaired) electrons. The second kappa shape index (κ2) is 11.7. The maximum Gasteiger partial charge on any atom is 0.255 e. The molecule has 0 aromatic heterocycles.